The average Bonchev–Trinajstić information content (AvgIpc) is 2.71. The highest BCUT2D eigenvalue weighted by atomic mass is 16.5. The van der Waals surface area contributed by atoms with Crippen LogP contribution in [0.3, 0.4) is 0 Å². The predicted octanol–water partition coefficient (Wildman–Crippen LogP) is 3.24. The van der Waals surface area contributed by atoms with E-state index in [-0.39, 0.29) is 18.4 Å². The molecule has 0 heterocycles. The number of nitrogens with one attached hydrogen (secondary N) is 1. The topological polar surface area (TPSA) is 67.9 Å². The molecular weight excluding hydrogens is 368 g/mol. The van der Waals surface area contributed by atoms with Gasteiger partial charge < -0.3 is 19.7 Å². The number of hydrogen-bond acceptors (Lipinski definition) is 4. The van der Waals surface area contributed by atoms with Gasteiger partial charge in [0.1, 0.15) is 17.5 Å². The Morgan fingerprint density at radius 1 is 1.10 bits per heavy atom. The van der Waals surface area contributed by atoms with Crippen molar-refractivity contribution in [3.63, 3.8) is 0 Å². The molecule has 0 fully saturated rings. The van der Waals surface area contributed by atoms with Crippen LogP contribution in [0.4, 0.5) is 0 Å². The van der Waals surface area contributed by atoms with E-state index in [9.17, 15) is 9.59 Å². The number of hydrogen-bond donors (Lipinski definition) is 1. The molecule has 6 nitrogen and oxygen atoms in total. The number of amides is 2. The fourth-order valence-corrected chi connectivity index (χ4v) is 3.02. The molecule has 0 bridgehead atoms. The van der Waals surface area contributed by atoms with Gasteiger partial charge >= 0.3 is 0 Å². The minimum absolute atomic E-state index is 0.135. The van der Waals surface area contributed by atoms with Crippen molar-refractivity contribution in [2.24, 2.45) is 0 Å². The third-order valence-electron chi connectivity index (χ3n) is 4.71. The van der Waals surface area contributed by atoms with Crippen LogP contribution in [0.5, 0.6) is 11.5 Å². The summed E-state index contributed by atoms with van der Waals surface area (Å²) in [5.41, 5.74) is 3.00. The summed E-state index contributed by atoms with van der Waals surface area (Å²) < 4.78 is 10.9. The molecule has 0 aliphatic carbocycles. The molecule has 2 aromatic rings. The number of ether oxygens (including phenoxy) is 2. The van der Waals surface area contributed by atoms with Crippen LogP contribution in [-0.2, 0) is 16.1 Å². The molecule has 2 rings (SSSR count). The number of aryl methyl sites for hydroxylation is 2. The molecule has 2 amide bonds. The normalized spacial score (nSPS) is 11.5. The standard InChI is InChI=1S/C23H30N2O4/c1-6-24-23(27)18(4)25(14-19-8-10-20(28-5)11-9-19)22(26)15-29-21-12-7-16(2)13-17(21)3/h7-13,18H,6,14-15H2,1-5H3,(H,24,27). The van der Waals surface area contributed by atoms with Gasteiger partial charge in [0.15, 0.2) is 6.61 Å². The summed E-state index contributed by atoms with van der Waals surface area (Å²) >= 11 is 0. The lowest BCUT2D eigenvalue weighted by Crippen LogP contribution is -2.49. The van der Waals surface area contributed by atoms with Gasteiger partial charge in [-0.2, -0.15) is 0 Å². The van der Waals surface area contributed by atoms with Crippen molar-refractivity contribution in [1.29, 1.82) is 0 Å². The third-order valence-corrected chi connectivity index (χ3v) is 4.71. The van der Waals surface area contributed by atoms with E-state index in [4.69, 9.17) is 9.47 Å². The molecule has 0 aromatic heterocycles. The number of carbonyl (C=O) groups excluding carboxylic acids is 2. The minimum atomic E-state index is -0.618. The molecule has 29 heavy (non-hydrogen) atoms. The van der Waals surface area contributed by atoms with Crippen LogP contribution in [0.25, 0.3) is 0 Å². The zero-order valence-electron chi connectivity index (χ0n) is 17.8. The molecule has 1 atom stereocenters. The summed E-state index contributed by atoms with van der Waals surface area (Å²) in [5.74, 6) is 0.959. The monoisotopic (exact) mass is 398 g/mol. The van der Waals surface area contributed by atoms with Crippen LogP contribution < -0.4 is 14.8 Å². The molecule has 0 aliphatic heterocycles. The maximum atomic E-state index is 13.0. The SMILES string of the molecule is CCNC(=O)C(C)N(Cc1ccc(OC)cc1)C(=O)COc1ccc(C)cc1C. The molecule has 156 valence electrons. The summed E-state index contributed by atoms with van der Waals surface area (Å²) in [6, 6.07) is 12.6. The van der Waals surface area contributed by atoms with E-state index in [1.54, 1.807) is 14.0 Å². The van der Waals surface area contributed by atoms with Gasteiger partial charge in [-0.05, 0) is 57.0 Å². The maximum Gasteiger partial charge on any atom is 0.261 e. The van der Waals surface area contributed by atoms with E-state index in [0.29, 0.717) is 18.8 Å². The number of nitrogens with zero attached hydrogens (tertiary/aromatic N) is 1. The Labute approximate surface area is 172 Å². The first kappa shape index (κ1) is 22.3. The molecule has 6 heteroatoms. The first-order valence-corrected chi connectivity index (χ1v) is 9.75. The highest BCUT2D eigenvalue weighted by Gasteiger charge is 2.26. The Balaban J connectivity index is 2.15. The summed E-state index contributed by atoms with van der Waals surface area (Å²) in [7, 11) is 1.60. The van der Waals surface area contributed by atoms with Crippen molar-refractivity contribution in [2.75, 3.05) is 20.3 Å². The van der Waals surface area contributed by atoms with Gasteiger partial charge in [-0.15, -0.1) is 0 Å². The summed E-state index contributed by atoms with van der Waals surface area (Å²) in [5, 5.41) is 2.78. The fraction of sp³-hybridized carbons (Fsp3) is 0.391. The number of benzene rings is 2. The number of rotatable bonds is 9. The fourth-order valence-electron chi connectivity index (χ4n) is 3.02. The first-order chi connectivity index (χ1) is 13.8. The summed E-state index contributed by atoms with van der Waals surface area (Å²) in [6.07, 6.45) is 0. The second kappa shape index (κ2) is 10.5. The smallest absolute Gasteiger partial charge is 0.261 e. The summed E-state index contributed by atoms with van der Waals surface area (Å²) in [4.78, 5) is 26.9. The van der Waals surface area contributed by atoms with E-state index in [0.717, 1.165) is 22.4 Å². The molecule has 1 N–H and O–H groups in total. The van der Waals surface area contributed by atoms with E-state index >= 15 is 0 Å². The highest BCUT2D eigenvalue weighted by Crippen LogP contribution is 2.19. The molecular formula is C23H30N2O4. The Hall–Kier alpha value is -3.02. The Morgan fingerprint density at radius 2 is 1.79 bits per heavy atom. The van der Waals surface area contributed by atoms with Crippen molar-refractivity contribution >= 4 is 11.8 Å². The van der Waals surface area contributed by atoms with Gasteiger partial charge in [-0.1, -0.05) is 29.8 Å². The van der Waals surface area contributed by atoms with Crippen molar-refractivity contribution in [3.05, 3.63) is 59.2 Å². The molecule has 2 aromatic carbocycles. The first-order valence-electron chi connectivity index (χ1n) is 9.75. The molecule has 1 unspecified atom stereocenters. The van der Waals surface area contributed by atoms with Crippen molar-refractivity contribution in [1.82, 2.24) is 10.2 Å². The van der Waals surface area contributed by atoms with Crippen LogP contribution in [0.1, 0.15) is 30.5 Å². The van der Waals surface area contributed by atoms with E-state index in [1.165, 1.54) is 4.90 Å². The van der Waals surface area contributed by atoms with Gasteiger partial charge in [0.25, 0.3) is 5.91 Å². The predicted molar refractivity (Wildman–Crippen MR) is 113 cm³/mol. The molecule has 0 aliphatic rings. The second-order valence-electron chi connectivity index (χ2n) is 7.00. The minimum Gasteiger partial charge on any atom is -0.497 e. The zero-order valence-corrected chi connectivity index (χ0v) is 17.8. The largest absolute Gasteiger partial charge is 0.497 e. The Morgan fingerprint density at radius 3 is 2.38 bits per heavy atom. The van der Waals surface area contributed by atoms with Gasteiger partial charge in [0, 0.05) is 13.1 Å². The lowest BCUT2D eigenvalue weighted by atomic mass is 10.1. The van der Waals surface area contributed by atoms with Crippen LogP contribution in [-0.4, -0.2) is 43.0 Å². The van der Waals surface area contributed by atoms with Crippen molar-refractivity contribution in [2.45, 2.75) is 40.3 Å². The zero-order chi connectivity index (χ0) is 21.4. The van der Waals surface area contributed by atoms with Crippen LogP contribution in [0.15, 0.2) is 42.5 Å². The van der Waals surface area contributed by atoms with Crippen LogP contribution in [0, 0.1) is 13.8 Å². The Kier molecular flexibility index (Phi) is 8.07. The molecule has 0 saturated heterocycles. The van der Waals surface area contributed by atoms with Gasteiger partial charge in [0.2, 0.25) is 5.91 Å². The third kappa shape index (κ3) is 6.24. The second-order valence-corrected chi connectivity index (χ2v) is 7.00. The number of likely N-dealkylation sites (N-methyl/N-ethyl adjacent to an activating group) is 1. The van der Waals surface area contributed by atoms with Gasteiger partial charge in [-0.25, -0.2) is 0 Å². The highest BCUT2D eigenvalue weighted by molar-refractivity contribution is 5.87. The van der Waals surface area contributed by atoms with Gasteiger partial charge in [-0.3, -0.25) is 9.59 Å². The molecule has 0 radical (unpaired) electrons. The van der Waals surface area contributed by atoms with Gasteiger partial charge in [0.05, 0.1) is 7.11 Å². The lowest BCUT2D eigenvalue weighted by molar-refractivity contribution is -0.142. The Bertz CT molecular complexity index is 833. The number of carbonyl (C=O) groups is 2. The maximum absolute atomic E-state index is 13.0. The molecule has 0 saturated carbocycles. The number of methoxy groups -OCH3 is 1. The van der Waals surface area contributed by atoms with Crippen LogP contribution >= 0.6 is 0 Å². The van der Waals surface area contributed by atoms with E-state index in [2.05, 4.69) is 5.32 Å². The van der Waals surface area contributed by atoms with E-state index in [1.807, 2.05) is 63.2 Å². The van der Waals surface area contributed by atoms with E-state index < -0.39 is 6.04 Å². The average molecular weight is 399 g/mol. The quantitative estimate of drug-likeness (QED) is 0.704. The van der Waals surface area contributed by atoms with Crippen molar-refractivity contribution in [3.8, 4) is 11.5 Å². The van der Waals surface area contributed by atoms with Crippen LogP contribution in [0.2, 0.25) is 0 Å². The summed E-state index contributed by atoms with van der Waals surface area (Å²) in [6.45, 7) is 8.20. The lowest BCUT2D eigenvalue weighted by Gasteiger charge is -2.28. The molecule has 0 spiro atoms. The van der Waals surface area contributed by atoms with Crippen molar-refractivity contribution < 1.29 is 19.1 Å².